The van der Waals surface area contributed by atoms with Crippen LogP contribution in [-0.2, 0) is 9.53 Å². The summed E-state index contributed by atoms with van der Waals surface area (Å²) >= 11 is 0. The summed E-state index contributed by atoms with van der Waals surface area (Å²) in [5.41, 5.74) is 0. The average Bonchev–Trinajstić information content (AvgIpc) is 2.17. The molecule has 2 atom stereocenters. The van der Waals surface area contributed by atoms with E-state index < -0.39 is 18.1 Å². The smallest absolute Gasteiger partial charge is 0.332 e. The number of nitrogens with one attached hydrogen (secondary N) is 2. The lowest BCUT2D eigenvalue weighted by atomic mass is 10.2. The molecule has 0 radical (unpaired) electrons. The molecule has 0 aromatic rings. The molecule has 0 aliphatic carbocycles. The number of carboxylic acids is 1. The fraction of sp³-hybridized carbons (Fsp3) is 0.778. The molecule has 0 heterocycles. The summed E-state index contributed by atoms with van der Waals surface area (Å²) in [6.07, 6.45) is -1.47. The number of carbonyl (C=O) groups is 2. The Labute approximate surface area is 93.8 Å². The minimum absolute atomic E-state index is 0.0264. The first-order valence-corrected chi connectivity index (χ1v) is 4.91. The summed E-state index contributed by atoms with van der Waals surface area (Å²) in [5, 5.41) is 22.3. The van der Waals surface area contributed by atoms with Crippen LogP contribution in [0.15, 0.2) is 0 Å². The normalized spacial score (nSPS) is 13.9. The molecule has 0 bridgehead atoms. The fourth-order valence-electron chi connectivity index (χ4n) is 1.01. The monoisotopic (exact) mass is 234 g/mol. The van der Waals surface area contributed by atoms with Crippen LogP contribution in [0.2, 0.25) is 0 Å². The van der Waals surface area contributed by atoms with Crippen molar-refractivity contribution in [1.29, 1.82) is 0 Å². The Morgan fingerprint density at radius 2 is 2.06 bits per heavy atom. The van der Waals surface area contributed by atoms with Crippen LogP contribution in [0, 0.1) is 0 Å². The largest absolute Gasteiger partial charge is 0.479 e. The number of carbonyl (C=O) groups excluding carboxylic acids is 1. The molecule has 2 amide bonds. The van der Waals surface area contributed by atoms with Crippen LogP contribution in [0.3, 0.4) is 0 Å². The maximum absolute atomic E-state index is 11.2. The number of methoxy groups -OCH3 is 1. The molecule has 0 rings (SSSR count). The van der Waals surface area contributed by atoms with Gasteiger partial charge in [-0.15, -0.1) is 0 Å². The molecule has 0 aliphatic heterocycles. The van der Waals surface area contributed by atoms with E-state index in [1.54, 1.807) is 6.92 Å². The number of amides is 2. The number of carboxylic acid groups (broad SMARTS) is 1. The van der Waals surface area contributed by atoms with Gasteiger partial charge in [-0.25, -0.2) is 9.59 Å². The van der Waals surface area contributed by atoms with E-state index in [0.717, 1.165) is 0 Å². The van der Waals surface area contributed by atoms with Crippen molar-refractivity contribution in [2.45, 2.75) is 25.5 Å². The molecular weight excluding hydrogens is 216 g/mol. The summed E-state index contributed by atoms with van der Waals surface area (Å²) < 4.78 is 4.82. The average molecular weight is 234 g/mol. The number of hydrogen-bond donors (Lipinski definition) is 4. The van der Waals surface area contributed by atoms with Crippen molar-refractivity contribution < 1.29 is 24.5 Å². The van der Waals surface area contributed by atoms with Crippen molar-refractivity contribution in [1.82, 2.24) is 10.6 Å². The molecule has 0 spiro atoms. The number of aliphatic hydroxyl groups excluding tert-OH is 1. The summed E-state index contributed by atoms with van der Waals surface area (Å²) in [5.74, 6) is -1.30. The summed E-state index contributed by atoms with van der Waals surface area (Å²) in [4.78, 5) is 21.4. The Morgan fingerprint density at radius 1 is 1.44 bits per heavy atom. The first-order valence-electron chi connectivity index (χ1n) is 4.91. The minimum atomic E-state index is -1.45. The molecule has 4 N–H and O–H groups in total. The van der Waals surface area contributed by atoms with E-state index in [4.69, 9.17) is 14.9 Å². The Morgan fingerprint density at radius 3 is 2.56 bits per heavy atom. The van der Waals surface area contributed by atoms with Crippen LogP contribution in [0.5, 0.6) is 0 Å². The van der Waals surface area contributed by atoms with Gasteiger partial charge >= 0.3 is 12.0 Å². The molecule has 16 heavy (non-hydrogen) atoms. The summed E-state index contributed by atoms with van der Waals surface area (Å²) in [7, 11) is 1.53. The van der Waals surface area contributed by atoms with Gasteiger partial charge in [0.05, 0.1) is 12.6 Å². The fourth-order valence-corrected chi connectivity index (χ4v) is 1.01. The highest BCUT2D eigenvalue weighted by atomic mass is 16.5. The van der Waals surface area contributed by atoms with Crippen molar-refractivity contribution in [2.24, 2.45) is 0 Å². The Balaban J connectivity index is 3.62. The van der Waals surface area contributed by atoms with Crippen molar-refractivity contribution in [3.8, 4) is 0 Å². The Bertz CT molecular complexity index is 234. The quantitative estimate of drug-likeness (QED) is 0.459. The van der Waals surface area contributed by atoms with Crippen molar-refractivity contribution in [3.05, 3.63) is 0 Å². The van der Waals surface area contributed by atoms with E-state index in [0.29, 0.717) is 6.61 Å². The zero-order valence-electron chi connectivity index (χ0n) is 9.40. The van der Waals surface area contributed by atoms with E-state index in [2.05, 4.69) is 10.6 Å². The standard InChI is InChI=1S/C9H18N2O5/c1-6(5-16-2)11-9(15)10-4-3-7(12)8(13)14/h6-7,12H,3-5H2,1-2H3,(H,13,14)(H2,10,11,15). The molecule has 2 unspecified atom stereocenters. The number of rotatable bonds is 7. The first-order chi connectivity index (χ1) is 7.47. The molecule has 0 saturated carbocycles. The molecule has 7 nitrogen and oxygen atoms in total. The van der Waals surface area contributed by atoms with E-state index in [1.165, 1.54) is 7.11 Å². The highest BCUT2D eigenvalue weighted by Crippen LogP contribution is 1.89. The predicted molar refractivity (Wildman–Crippen MR) is 56.1 cm³/mol. The SMILES string of the molecule is COCC(C)NC(=O)NCCC(O)C(=O)O. The van der Waals surface area contributed by atoms with Gasteiger partial charge in [-0.3, -0.25) is 0 Å². The molecule has 0 aromatic carbocycles. The van der Waals surface area contributed by atoms with Gasteiger partial charge in [0.2, 0.25) is 0 Å². The van der Waals surface area contributed by atoms with Gasteiger partial charge in [0, 0.05) is 20.1 Å². The summed E-state index contributed by atoms with van der Waals surface area (Å²) in [6.45, 7) is 2.26. The van der Waals surface area contributed by atoms with Crippen LogP contribution in [0.25, 0.3) is 0 Å². The van der Waals surface area contributed by atoms with Crippen LogP contribution in [-0.4, -0.2) is 54.6 Å². The van der Waals surface area contributed by atoms with Gasteiger partial charge in [-0.1, -0.05) is 0 Å². The van der Waals surface area contributed by atoms with Crippen molar-refractivity contribution in [3.63, 3.8) is 0 Å². The third kappa shape index (κ3) is 7.02. The lowest BCUT2D eigenvalue weighted by molar-refractivity contribution is -0.146. The highest BCUT2D eigenvalue weighted by Gasteiger charge is 2.13. The zero-order chi connectivity index (χ0) is 12.6. The molecule has 0 aromatic heterocycles. The number of urea groups is 1. The first kappa shape index (κ1) is 14.7. The number of aliphatic carboxylic acids is 1. The van der Waals surface area contributed by atoms with Crippen LogP contribution >= 0.6 is 0 Å². The highest BCUT2D eigenvalue weighted by molar-refractivity contribution is 5.74. The number of ether oxygens (including phenoxy) is 1. The van der Waals surface area contributed by atoms with Gasteiger partial charge in [-0.2, -0.15) is 0 Å². The van der Waals surface area contributed by atoms with Crippen molar-refractivity contribution in [2.75, 3.05) is 20.3 Å². The van der Waals surface area contributed by atoms with E-state index in [1.807, 2.05) is 0 Å². The van der Waals surface area contributed by atoms with Crippen LogP contribution in [0.4, 0.5) is 4.79 Å². The van der Waals surface area contributed by atoms with Gasteiger partial charge in [0.15, 0.2) is 6.10 Å². The zero-order valence-corrected chi connectivity index (χ0v) is 9.40. The van der Waals surface area contributed by atoms with E-state index in [9.17, 15) is 9.59 Å². The molecular formula is C9H18N2O5. The molecule has 0 aliphatic rings. The van der Waals surface area contributed by atoms with Crippen molar-refractivity contribution >= 4 is 12.0 Å². The summed E-state index contributed by atoms with van der Waals surface area (Å²) in [6, 6.07) is -0.545. The van der Waals surface area contributed by atoms with E-state index in [-0.39, 0.29) is 19.0 Å². The third-order valence-corrected chi connectivity index (χ3v) is 1.78. The van der Waals surface area contributed by atoms with Crippen LogP contribution < -0.4 is 10.6 Å². The lowest BCUT2D eigenvalue weighted by Gasteiger charge is -2.13. The topological polar surface area (TPSA) is 108 Å². The molecule has 94 valence electrons. The minimum Gasteiger partial charge on any atom is -0.479 e. The molecule has 7 heteroatoms. The lowest BCUT2D eigenvalue weighted by Crippen LogP contribution is -2.43. The maximum Gasteiger partial charge on any atom is 0.332 e. The van der Waals surface area contributed by atoms with Gasteiger partial charge in [-0.05, 0) is 6.92 Å². The predicted octanol–water partition coefficient (Wildman–Crippen LogP) is -0.844. The molecule has 0 saturated heterocycles. The van der Waals surface area contributed by atoms with Gasteiger partial charge < -0.3 is 25.6 Å². The molecule has 0 fully saturated rings. The number of hydrogen-bond acceptors (Lipinski definition) is 4. The van der Waals surface area contributed by atoms with Gasteiger partial charge in [0.25, 0.3) is 0 Å². The second-order valence-corrected chi connectivity index (χ2v) is 3.40. The second kappa shape index (κ2) is 7.89. The third-order valence-electron chi connectivity index (χ3n) is 1.78. The second-order valence-electron chi connectivity index (χ2n) is 3.40. The Hall–Kier alpha value is -1.34. The van der Waals surface area contributed by atoms with Crippen LogP contribution in [0.1, 0.15) is 13.3 Å². The maximum atomic E-state index is 11.2. The van der Waals surface area contributed by atoms with Gasteiger partial charge in [0.1, 0.15) is 0 Å². The van der Waals surface area contributed by atoms with E-state index >= 15 is 0 Å². The Kier molecular flexibility index (Phi) is 7.23. The number of aliphatic hydroxyl groups is 1.